The molecule has 0 bridgehead atoms. The Morgan fingerprint density at radius 3 is 2.62 bits per heavy atom. The highest BCUT2D eigenvalue weighted by Gasteiger charge is 2.50. The van der Waals surface area contributed by atoms with Gasteiger partial charge >= 0.3 is 0 Å². The van der Waals surface area contributed by atoms with E-state index in [9.17, 15) is 9.59 Å². The maximum absolute atomic E-state index is 11.5. The Hall–Kier alpha value is -1.06. The van der Waals surface area contributed by atoms with Gasteiger partial charge in [-0.15, -0.1) is 0 Å². The zero-order valence-electron chi connectivity index (χ0n) is 7.96. The van der Waals surface area contributed by atoms with E-state index in [-0.39, 0.29) is 29.9 Å². The van der Waals surface area contributed by atoms with Crippen molar-refractivity contribution in [2.75, 3.05) is 6.54 Å². The van der Waals surface area contributed by atoms with Crippen LogP contribution in [0.15, 0.2) is 0 Å². The molecule has 0 aromatic carbocycles. The second-order valence-corrected chi connectivity index (χ2v) is 4.15. The molecule has 2 aliphatic rings. The van der Waals surface area contributed by atoms with Gasteiger partial charge < -0.3 is 10.2 Å². The molecule has 0 spiro atoms. The fraction of sp³-hybridized carbons (Fsp3) is 0.778. The summed E-state index contributed by atoms with van der Waals surface area (Å²) >= 11 is 0. The van der Waals surface area contributed by atoms with E-state index in [2.05, 4.69) is 5.32 Å². The van der Waals surface area contributed by atoms with E-state index in [0.717, 1.165) is 12.8 Å². The molecule has 2 fully saturated rings. The molecule has 0 aromatic rings. The van der Waals surface area contributed by atoms with Crippen LogP contribution in [-0.2, 0) is 9.59 Å². The second kappa shape index (κ2) is 2.47. The molecular weight excluding hydrogens is 168 g/mol. The Morgan fingerprint density at radius 2 is 2.08 bits per heavy atom. The molecule has 1 N–H and O–H groups in total. The van der Waals surface area contributed by atoms with Gasteiger partial charge in [-0.05, 0) is 26.7 Å². The number of carbonyl (C=O) groups excluding carboxylic acids is 2. The monoisotopic (exact) mass is 182 g/mol. The summed E-state index contributed by atoms with van der Waals surface area (Å²) in [5, 5.41) is 2.58. The van der Waals surface area contributed by atoms with E-state index in [4.69, 9.17) is 0 Å². The van der Waals surface area contributed by atoms with Crippen LogP contribution in [0.4, 0.5) is 0 Å². The average Bonchev–Trinajstić information content (AvgIpc) is 2.78. The number of nitrogens with one attached hydrogen (secondary N) is 1. The smallest absolute Gasteiger partial charge is 0.243 e. The molecule has 1 unspecified atom stereocenters. The lowest BCUT2D eigenvalue weighted by Crippen LogP contribution is -2.60. The van der Waals surface area contributed by atoms with Crippen molar-refractivity contribution in [3.63, 3.8) is 0 Å². The molecular formula is C9H14N2O2. The molecule has 4 nitrogen and oxygen atoms in total. The van der Waals surface area contributed by atoms with Gasteiger partial charge in [0.1, 0.15) is 6.04 Å². The Balaban J connectivity index is 2.22. The maximum Gasteiger partial charge on any atom is 0.243 e. The number of amides is 2. The summed E-state index contributed by atoms with van der Waals surface area (Å²) in [4.78, 5) is 24.6. The third-order valence-electron chi connectivity index (χ3n) is 3.00. The number of carbonyl (C=O) groups is 2. The molecule has 1 atom stereocenters. The highest BCUT2D eigenvalue weighted by molar-refractivity contribution is 5.95. The summed E-state index contributed by atoms with van der Waals surface area (Å²) < 4.78 is 0. The molecule has 2 rings (SSSR count). The van der Waals surface area contributed by atoms with Gasteiger partial charge in [0.15, 0.2) is 0 Å². The van der Waals surface area contributed by atoms with Crippen molar-refractivity contribution in [1.82, 2.24) is 10.2 Å². The van der Waals surface area contributed by atoms with E-state index in [1.807, 2.05) is 6.92 Å². The number of piperazine rings is 1. The van der Waals surface area contributed by atoms with Crippen molar-refractivity contribution >= 4 is 11.8 Å². The first-order valence-electron chi connectivity index (χ1n) is 4.64. The molecule has 4 heteroatoms. The van der Waals surface area contributed by atoms with Crippen LogP contribution in [-0.4, -0.2) is 34.8 Å². The van der Waals surface area contributed by atoms with Crippen molar-refractivity contribution in [2.24, 2.45) is 0 Å². The fourth-order valence-electron chi connectivity index (χ4n) is 1.92. The lowest BCUT2D eigenvalue weighted by Gasteiger charge is -2.37. The van der Waals surface area contributed by atoms with Crippen LogP contribution in [0.3, 0.4) is 0 Å². The first-order valence-corrected chi connectivity index (χ1v) is 4.64. The third-order valence-corrected chi connectivity index (χ3v) is 3.00. The highest BCUT2D eigenvalue weighted by Crippen LogP contribution is 2.42. The minimum Gasteiger partial charge on any atom is -0.345 e. The Bertz CT molecular complexity index is 271. The SMILES string of the molecule is CC1C(=O)NCC(=O)N1C1(C)CC1. The van der Waals surface area contributed by atoms with Crippen LogP contribution >= 0.6 is 0 Å². The number of nitrogens with zero attached hydrogens (tertiary/aromatic N) is 1. The predicted octanol–water partition coefficient (Wildman–Crippen LogP) is -0.114. The van der Waals surface area contributed by atoms with E-state index < -0.39 is 0 Å². The van der Waals surface area contributed by atoms with Crippen molar-refractivity contribution in [1.29, 1.82) is 0 Å². The lowest BCUT2D eigenvalue weighted by molar-refractivity contribution is -0.148. The normalized spacial score (nSPS) is 31.5. The van der Waals surface area contributed by atoms with E-state index in [1.54, 1.807) is 11.8 Å². The average molecular weight is 182 g/mol. The molecule has 1 saturated heterocycles. The lowest BCUT2D eigenvalue weighted by atomic mass is 10.1. The number of hydrogen-bond acceptors (Lipinski definition) is 2. The molecule has 1 saturated carbocycles. The summed E-state index contributed by atoms with van der Waals surface area (Å²) in [5.41, 5.74) is -0.0335. The summed E-state index contributed by atoms with van der Waals surface area (Å²) in [7, 11) is 0. The Labute approximate surface area is 77.3 Å². The minimum atomic E-state index is -0.297. The topological polar surface area (TPSA) is 49.4 Å². The zero-order valence-corrected chi connectivity index (χ0v) is 7.96. The van der Waals surface area contributed by atoms with Crippen molar-refractivity contribution in [2.45, 2.75) is 38.3 Å². The van der Waals surface area contributed by atoms with Gasteiger partial charge in [0.2, 0.25) is 11.8 Å². The second-order valence-electron chi connectivity index (χ2n) is 4.15. The van der Waals surface area contributed by atoms with Gasteiger partial charge in [0.05, 0.1) is 6.54 Å². The first-order chi connectivity index (χ1) is 6.04. The standard InChI is InChI=1S/C9H14N2O2/c1-6-8(13)10-5-7(12)11(6)9(2)3-4-9/h6H,3-5H2,1-2H3,(H,10,13). The molecule has 0 radical (unpaired) electrons. The van der Waals surface area contributed by atoms with Gasteiger partial charge in [0.25, 0.3) is 0 Å². The summed E-state index contributed by atoms with van der Waals surface area (Å²) in [6.45, 7) is 3.99. The van der Waals surface area contributed by atoms with Gasteiger partial charge in [0, 0.05) is 5.54 Å². The molecule has 13 heavy (non-hydrogen) atoms. The molecule has 1 aliphatic heterocycles. The highest BCUT2D eigenvalue weighted by atomic mass is 16.2. The first kappa shape index (κ1) is 8.53. The van der Waals surface area contributed by atoms with Gasteiger partial charge in [-0.1, -0.05) is 0 Å². The minimum absolute atomic E-state index is 0.0335. The van der Waals surface area contributed by atoms with Crippen molar-refractivity contribution in [3.8, 4) is 0 Å². The van der Waals surface area contributed by atoms with Crippen LogP contribution in [0.25, 0.3) is 0 Å². The summed E-state index contributed by atoms with van der Waals surface area (Å²) in [6, 6.07) is -0.297. The quantitative estimate of drug-likeness (QED) is 0.615. The molecule has 1 heterocycles. The summed E-state index contributed by atoms with van der Waals surface area (Å²) in [6.07, 6.45) is 2.05. The fourth-order valence-corrected chi connectivity index (χ4v) is 1.92. The number of hydrogen-bond donors (Lipinski definition) is 1. The predicted molar refractivity (Wildman–Crippen MR) is 47.0 cm³/mol. The van der Waals surface area contributed by atoms with Crippen molar-refractivity contribution in [3.05, 3.63) is 0 Å². The van der Waals surface area contributed by atoms with Crippen LogP contribution in [0, 0.1) is 0 Å². The largest absolute Gasteiger partial charge is 0.345 e. The summed E-state index contributed by atoms with van der Waals surface area (Å²) in [5.74, 6) is 0.0137. The molecule has 1 aliphatic carbocycles. The molecule has 0 aromatic heterocycles. The Morgan fingerprint density at radius 1 is 1.46 bits per heavy atom. The molecule has 2 amide bonds. The number of rotatable bonds is 1. The van der Waals surface area contributed by atoms with Crippen LogP contribution in [0.1, 0.15) is 26.7 Å². The van der Waals surface area contributed by atoms with Crippen LogP contribution in [0.2, 0.25) is 0 Å². The Kier molecular flexibility index (Phi) is 1.62. The molecule has 72 valence electrons. The van der Waals surface area contributed by atoms with E-state index >= 15 is 0 Å². The van der Waals surface area contributed by atoms with Gasteiger partial charge in [-0.3, -0.25) is 9.59 Å². The van der Waals surface area contributed by atoms with E-state index in [0.29, 0.717) is 0 Å². The van der Waals surface area contributed by atoms with Crippen LogP contribution < -0.4 is 5.32 Å². The maximum atomic E-state index is 11.5. The van der Waals surface area contributed by atoms with Gasteiger partial charge in [-0.2, -0.15) is 0 Å². The van der Waals surface area contributed by atoms with Crippen molar-refractivity contribution < 1.29 is 9.59 Å². The third kappa shape index (κ3) is 1.20. The zero-order chi connectivity index (χ0) is 9.64. The van der Waals surface area contributed by atoms with E-state index in [1.165, 1.54) is 0 Å². The van der Waals surface area contributed by atoms with Gasteiger partial charge in [-0.25, -0.2) is 0 Å². The van der Waals surface area contributed by atoms with Crippen LogP contribution in [0.5, 0.6) is 0 Å².